The van der Waals surface area contributed by atoms with E-state index in [0.717, 1.165) is 0 Å². The van der Waals surface area contributed by atoms with Gasteiger partial charge in [0.05, 0.1) is 23.5 Å². The lowest BCUT2D eigenvalue weighted by Crippen LogP contribution is -1.93. The summed E-state index contributed by atoms with van der Waals surface area (Å²) in [6.45, 7) is 0. The Morgan fingerprint density at radius 3 is 2.88 bits per heavy atom. The highest BCUT2D eigenvalue weighted by Gasteiger charge is 2.03. The molecule has 0 bridgehead atoms. The van der Waals surface area contributed by atoms with Crippen LogP contribution in [0.5, 0.6) is 11.5 Å². The monoisotopic (exact) mass is 211 g/mol. The third-order valence-corrected chi connectivity index (χ3v) is 2.00. The second-order valence-corrected chi connectivity index (χ2v) is 3.16. The van der Waals surface area contributed by atoms with E-state index < -0.39 is 0 Å². The van der Waals surface area contributed by atoms with Gasteiger partial charge in [-0.2, -0.15) is 5.26 Å². The van der Waals surface area contributed by atoms with Crippen molar-refractivity contribution >= 4 is 5.69 Å². The summed E-state index contributed by atoms with van der Waals surface area (Å²) in [5.41, 5.74) is 6.73. The molecule has 2 N–H and O–H groups in total. The maximum atomic E-state index is 8.76. The van der Waals surface area contributed by atoms with E-state index >= 15 is 0 Å². The van der Waals surface area contributed by atoms with Crippen LogP contribution in [0.25, 0.3) is 0 Å². The maximum Gasteiger partial charge on any atom is 0.151 e. The van der Waals surface area contributed by atoms with Crippen LogP contribution in [0.3, 0.4) is 0 Å². The van der Waals surface area contributed by atoms with Gasteiger partial charge in [0.1, 0.15) is 5.75 Å². The van der Waals surface area contributed by atoms with E-state index in [1.165, 1.54) is 0 Å². The fourth-order valence-electron chi connectivity index (χ4n) is 1.23. The average Bonchev–Trinajstić information content (AvgIpc) is 2.33. The van der Waals surface area contributed by atoms with Gasteiger partial charge in [0.25, 0.3) is 0 Å². The van der Waals surface area contributed by atoms with Crippen molar-refractivity contribution in [3.8, 4) is 17.6 Å². The molecule has 4 nitrogen and oxygen atoms in total. The van der Waals surface area contributed by atoms with Crippen LogP contribution in [0.4, 0.5) is 5.69 Å². The minimum Gasteiger partial charge on any atom is -0.454 e. The predicted molar refractivity (Wildman–Crippen MR) is 59.9 cm³/mol. The van der Waals surface area contributed by atoms with E-state index in [1.54, 1.807) is 42.7 Å². The topological polar surface area (TPSA) is 71.9 Å². The number of rotatable bonds is 2. The summed E-state index contributed by atoms with van der Waals surface area (Å²) in [6.07, 6.45) is 3.24. The molecule has 1 aromatic heterocycles. The molecule has 0 saturated heterocycles. The number of nitrogens with two attached hydrogens (primary N) is 1. The Morgan fingerprint density at radius 1 is 1.31 bits per heavy atom. The number of hydrogen-bond donors (Lipinski definition) is 1. The molecule has 0 saturated carbocycles. The van der Waals surface area contributed by atoms with Crippen molar-refractivity contribution in [2.75, 3.05) is 5.73 Å². The van der Waals surface area contributed by atoms with Gasteiger partial charge in [0.2, 0.25) is 0 Å². The standard InChI is InChI=1S/C12H9N3O/c13-7-9-3-4-11(14)12(6-9)16-10-2-1-5-15-8-10/h1-6,8H,14H2. The second kappa shape index (κ2) is 4.32. The summed E-state index contributed by atoms with van der Waals surface area (Å²) in [5, 5.41) is 8.76. The largest absolute Gasteiger partial charge is 0.454 e. The molecule has 0 spiro atoms. The highest BCUT2D eigenvalue weighted by Crippen LogP contribution is 2.27. The summed E-state index contributed by atoms with van der Waals surface area (Å²) >= 11 is 0. The van der Waals surface area contributed by atoms with E-state index in [-0.39, 0.29) is 0 Å². The quantitative estimate of drug-likeness (QED) is 0.774. The molecule has 1 aromatic carbocycles. The van der Waals surface area contributed by atoms with Crippen molar-refractivity contribution in [2.24, 2.45) is 0 Å². The van der Waals surface area contributed by atoms with E-state index in [0.29, 0.717) is 22.7 Å². The lowest BCUT2D eigenvalue weighted by atomic mass is 10.2. The predicted octanol–water partition coefficient (Wildman–Crippen LogP) is 2.33. The molecule has 0 unspecified atom stereocenters. The lowest BCUT2D eigenvalue weighted by molar-refractivity contribution is 0.482. The first-order valence-electron chi connectivity index (χ1n) is 4.67. The Labute approximate surface area is 92.9 Å². The zero-order valence-electron chi connectivity index (χ0n) is 8.42. The normalized spacial score (nSPS) is 9.44. The van der Waals surface area contributed by atoms with E-state index in [2.05, 4.69) is 4.98 Å². The molecule has 0 aliphatic heterocycles. The van der Waals surface area contributed by atoms with Gasteiger partial charge in [-0.1, -0.05) is 0 Å². The Bertz CT molecular complexity index is 532. The van der Waals surface area contributed by atoms with E-state index in [9.17, 15) is 0 Å². The molecular formula is C12H9N3O. The van der Waals surface area contributed by atoms with Crippen LogP contribution in [0, 0.1) is 11.3 Å². The zero-order valence-corrected chi connectivity index (χ0v) is 8.42. The zero-order chi connectivity index (χ0) is 11.4. The first kappa shape index (κ1) is 9.99. The first-order valence-corrected chi connectivity index (χ1v) is 4.67. The molecule has 4 heteroatoms. The van der Waals surface area contributed by atoms with Crippen LogP contribution in [0.15, 0.2) is 42.7 Å². The van der Waals surface area contributed by atoms with Crippen LogP contribution >= 0.6 is 0 Å². The molecule has 1 heterocycles. The molecule has 0 aliphatic rings. The number of ether oxygens (including phenoxy) is 1. The summed E-state index contributed by atoms with van der Waals surface area (Å²) in [6, 6.07) is 10.4. The van der Waals surface area contributed by atoms with Crippen LogP contribution in [-0.2, 0) is 0 Å². The third kappa shape index (κ3) is 2.10. The second-order valence-electron chi connectivity index (χ2n) is 3.16. The minimum atomic E-state index is 0.465. The fraction of sp³-hybridized carbons (Fsp3) is 0. The molecule has 0 atom stereocenters. The lowest BCUT2D eigenvalue weighted by Gasteiger charge is -2.07. The van der Waals surface area contributed by atoms with Gasteiger partial charge in [-0.05, 0) is 24.3 Å². The number of nitrogens with zero attached hydrogens (tertiary/aromatic N) is 2. The summed E-state index contributed by atoms with van der Waals surface area (Å²) in [4.78, 5) is 3.92. The molecule has 0 radical (unpaired) electrons. The van der Waals surface area contributed by atoms with Gasteiger partial charge >= 0.3 is 0 Å². The van der Waals surface area contributed by atoms with Gasteiger partial charge in [0.15, 0.2) is 5.75 Å². The molecule has 78 valence electrons. The number of benzene rings is 1. The Kier molecular flexibility index (Phi) is 2.70. The van der Waals surface area contributed by atoms with Gasteiger partial charge < -0.3 is 10.5 Å². The van der Waals surface area contributed by atoms with Gasteiger partial charge in [-0.3, -0.25) is 4.98 Å². The highest BCUT2D eigenvalue weighted by molar-refractivity contribution is 5.57. The molecule has 0 aliphatic carbocycles. The Morgan fingerprint density at radius 2 is 2.19 bits per heavy atom. The molecule has 0 fully saturated rings. The molecule has 2 aromatic rings. The molecular weight excluding hydrogens is 202 g/mol. The number of nitrogen functional groups attached to an aromatic ring is 1. The summed E-state index contributed by atoms with van der Waals surface area (Å²) in [5.74, 6) is 1.05. The smallest absolute Gasteiger partial charge is 0.151 e. The van der Waals surface area contributed by atoms with Crippen LogP contribution in [0.1, 0.15) is 5.56 Å². The molecule has 2 rings (SSSR count). The van der Waals surface area contributed by atoms with Crippen LogP contribution < -0.4 is 10.5 Å². The number of nitriles is 1. The van der Waals surface area contributed by atoms with Crippen molar-refractivity contribution in [3.05, 3.63) is 48.3 Å². The average molecular weight is 211 g/mol. The van der Waals surface area contributed by atoms with Gasteiger partial charge in [-0.15, -0.1) is 0 Å². The third-order valence-electron chi connectivity index (χ3n) is 2.00. The minimum absolute atomic E-state index is 0.465. The van der Waals surface area contributed by atoms with Crippen molar-refractivity contribution in [1.82, 2.24) is 4.98 Å². The van der Waals surface area contributed by atoms with Gasteiger partial charge in [0, 0.05) is 12.3 Å². The van der Waals surface area contributed by atoms with Crippen LogP contribution in [0.2, 0.25) is 0 Å². The number of aromatic nitrogens is 1. The summed E-state index contributed by atoms with van der Waals surface area (Å²) in [7, 11) is 0. The van der Waals surface area contributed by atoms with Gasteiger partial charge in [-0.25, -0.2) is 0 Å². The highest BCUT2D eigenvalue weighted by atomic mass is 16.5. The van der Waals surface area contributed by atoms with Crippen molar-refractivity contribution in [2.45, 2.75) is 0 Å². The fourth-order valence-corrected chi connectivity index (χ4v) is 1.23. The van der Waals surface area contributed by atoms with Crippen molar-refractivity contribution < 1.29 is 4.74 Å². The van der Waals surface area contributed by atoms with Crippen molar-refractivity contribution in [3.63, 3.8) is 0 Å². The number of hydrogen-bond acceptors (Lipinski definition) is 4. The maximum absolute atomic E-state index is 8.76. The number of pyridine rings is 1. The Balaban J connectivity index is 2.31. The summed E-state index contributed by atoms with van der Waals surface area (Å²) < 4.78 is 5.51. The first-order chi connectivity index (χ1) is 7.79. The van der Waals surface area contributed by atoms with E-state index in [4.69, 9.17) is 15.7 Å². The Hall–Kier alpha value is -2.54. The molecule has 16 heavy (non-hydrogen) atoms. The van der Waals surface area contributed by atoms with Crippen molar-refractivity contribution in [1.29, 1.82) is 5.26 Å². The van der Waals surface area contributed by atoms with E-state index in [1.807, 2.05) is 6.07 Å². The molecule has 0 amide bonds. The SMILES string of the molecule is N#Cc1ccc(N)c(Oc2cccnc2)c1. The number of anilines is 1. The van der Waals surface area contributed by atoms with Crippen LogP contribution in [-0.4, -0.2) is 4.98 Å².